The maximum atomic E-state index is 11.3. The highest BCUT2D eigenvalue weighted by molar-refractivity contribution is 5.80. The summed E-state index contributed by atoms with van der Waals surface area (Å²) in [5.74, 6) is 0.370. The number of rotatable bonds is 3. The number of hydrogen-bond acceptors (Lipinski definition) is 4. The minimum Gasteiger partial charge on any atom is -0.448 e. The minimum atomic E-state index is -0.726. The molecule has 0 saturated carbocycles. The van der Waals surface area contributed by atoms with E-state index in [1.807, 2.05) is 0 Å². The Bertz CT molecular complexity index is 264. The average molecular weight is 212 g/mol. The lowest BCUT2D eigenvalue weighted by Gasteiger charge is -2.33. The van der Waals surface area contributed by atoms with Crippen molar-refractivity contribution in [3.63, 3.8) is 0 Å². The lowest BCUT2D eigenvalue weighted by molar-refractivity contribution is -0.123. The van der Waals surface area contributed by atoms with Gasteiger partial charge in [0.25, 0.3) is 0 Å². The van der Waals surface area contributed by atoms with E-state index in [-0.39, 0.29) is 0 Å². The van der Waals surface area contributed by atoms with E-state index >= 15 is 0 Å². The lowest BCUT2D eigenvalue weighted by Crippen LogP contribution is -2.44. The number of nitrogens with zero attached hydrogens (tertiary/aromatic N) is 1. The maximum Gasteiger partial charge on any atom is 0.404 e. The molecule has 5 nitrogen and oxygen atoms in total. The fourth-order valence-electron chi connectivity index (χ4n) is 2.68. The molecular weight excluding hydrogens is 196 g/mol. The zero-order valence-electron chi connectivity index (χ0n) is 8.65. The van der Waals surface area contributed by atoms with Gasteiger partial charge in [0.15, 0.2) is 0 Å². The fourth-order valence-corrected chi connectivity index (χ4v) is 2.68. The Labute approximate surface area is 88.5 Å². The molecule has 5 heteroatoms. The van der Waals surface area contributed by atoms with Gasteiger partial charge in [-0.25, -0.2) is 4.79 Å². The number of primary amides is 1. The Balaban J connectivity index is 1.83. The summed E-state index contributed by atoms with van der Waals surface area (Å²) in [5, 5.41) is 0. The summed E-state index contributed by atoms with van der Waals surface area (Å²) >= 11 is 0. The number of amides is 1. The molecule has 2 unspecified atom stereocenters. The van der Waals surface area contributed by atoms with Crippen LogP contribution in [0, 0.1) is 0 Å². The lowest BCUT2D eigenvalue weighted by atomic mass is 10.0. The largest absolute Gasteiger partial charge is 0.448 e. The topological polar surface area (TPSA) is 72.6 Å². The van der Waals surface area contributed by atoms with Gasteiger partial charge in [-0.1, -0.05) is 0 Å². The first-order chi connectivity index (χ1) is 7.16. The van der Waals surface area contributed by atoms with Crippen LogP contribution in [0.25, 0.3) is 0 Å². The summed E-state index contributed by atoms with van der Waals surface area (Å²) in [6, 6.07) is 0.737. The average Bonchev–Trinajstić information content (AvgIpc) is 2.42. The van der Waals surface area contributed by atoms with E-state index in [2.05, 4.69) is 4.90 Å². The van der Waals surface area contributed by atoms with Crippen molar-refractivity contribution in [3.05, 3.63) is 0 Å². The van der Waals surface area contributed by atoms with Gasteiger partial charge in [0.2, 0.25) is 0 Å². The first kappa shape index (κ1) is 10.4. The summed E-state index contributed by atoms with van der Waals surface area (Å²) in [5.41, 5.74) is 4.88. The monoisotopic (exact) mass is 212 g/mol. The molecule has 2 N–H and O–H groups in total. The molecule has 15 heavy (non-hydrogen) atoms. The van der Waals surface area contributed by atoms with Gasteiger partial charge in [0.05, 0.1) is 0 Å². The predicted octanol–water partition coefficient (Wildman–Crippen LogP) is 0.278. The molecule has 0 aliphatic carbocycles. The minimum absolute atomic E-state index is 0.330. The second-order valence-corrected chi connectivity index (χ2v) is 4.24. The van der Waals surface area contributed by atoms with Crippen molar-refractivity contribution in [2.75, 3.05) is 13.2 Å². The van der Waals surface area contributed by atoms with Gasteiger partial charge in [-0.05, 0) is 12.8 Å². The van der Waals surface area contributed by atoms with E-state index in [9.17, 15) is 9.59 Å². The van der Waals surface area contributed by atoms with Crippen molar-refractivity contribution in [2.24, 2.45) is 5.73 Å². The molecule has 0 spiro atoms. The van der Waals surface area contributed by atoms with Gasteiger partial charge in [-0.3, -0.25) is 9.69 Å². The molecule has 2 rings (SSSR count). The van der Waals surface area contributed by atoms with Gasteiger partial charge in [0, 0.05) is 31.5 Å². The van der Waals surface area contributed by atoms with Crippen molar-refractivity contribution in [2.45, 2.75) is 37.8 Å². The maximum absolute atomic E-state index is 11.3. The molecule has 2 saturated heterocycles. The third-order valence-electron chi connectivity index (χ3n) is 3.29. The highest BCUT2D eigenvalue weighted by Gasteiger charge is 2.39. The van der Waals surface area contributed by atoms with Gasteiger partial charge in [-0.2, -0.15) is 0 Å². The Morgan fingerprint density at radius 2 is 2.00 bits per heavy atom. The highest BCUT2D eigenvalue weighted by atomic mass is 16.5. The van der Waals surface area contributed by atoms with Crippen molar-refractivity contribution in [1.29, 1.82) is 0 Å². The van der Waals surface area contributed by atoms with E-state index in [1.165, 1.54) is 0 Å². The number of ketones is 1. The number of fused-ring (bicyclic) bond motifs is 2. The Hall–Kier alpha value is -1.10. The van der Waals surface area contributed by atoms with Crippen LogP contribution in [-0.2, 0) is 9.53 Å². The van der Waals surface area contributed by atoms with Crippen LogP contribution in [0.1, 0.15) is 25.7 Å². The second-order valence-electron chi connectivity index (χ2n) is 4.24. The van der Waals surface area contributed by atoms with Crippen LogP contribution < -0.4 is 5.73 Å². The summed E-state index contributed by atoms with van der Waals surface area (Å²) < 4.78 is 4.71. The van der Waals surface area contributed by atoms with E-state index in [1.54, 1.807) is 0 Å². The number of carbonyl (C=O) groups is 2. The van der Waals surface area contributed by atoms with Gasteiger partial charge < -0.3 is 10.5 Å². The van der Waals surface area contributed by atoms with Crippen LogP contribution >= 0.6 is 0 Å². The van der Waals surface area contributed by atoms with Crippen LogP contribution in [-0.4, -0.2) is 42.0 Å². The number of piperidine rings is 1. The van der Waals surface area contributed by atoms with Crippen LogP contribution in [0.15, 0.2) is 0 Å². The Morgan fingerprint density at radius 3 is 2.53 bits per heavy atom. The van der Waals surface area contributed by atoms with Crippen molar-refractivity contribution < 1.29 is 14.3 Å². The molecule has 2 fully saturated rings. The van der Waals surface area contributed by atoms with Crippen molar-refractivity contribution >= 4 is 11.9 Å². The predicted molar refractivity (Wildman–Crippen MR) is 53.3 cm³/mol. The zero-order chi connectivity index (χ0) is 10.8. The van der Waals surface area contributed by atoms with Gasteiger partial charge in [-0.15, -0.1) is 0 Å². The number of hydrogen-bond donors (Lipinski definition) is 1. The molecule has 84 valence electrons. The summed E-state index contributed by atoms with van der Waals surface area (Å²) in [7, 11) is 0. The summed E-state index contributed by atoms with van der Waals surface area (Å²) in [6.45, 7) is 1.03. The van der Waals surface area contributed by atoms with Crippen LogP contribution in [0.5, 0.6) is 0 Å². The number of nitrogens with two attached hydrogens (primary N) is 1. The molecule has 0 aromatic rings. The normalized spacial score (nSPS) is 30.5. The third-order valence-corrected chi connectivity index (χ3v) is 3.29. The molecule has 2 heterocycles. The quantitative estimate of drug-likeness (QED) is 0.729. The Morgan fingerprint density at radius 1 is 1.40 bits per heavy atom. The van der Waals surface area contributed by atoms with E-state index < -0.39 is 6.09 Å². The molecule has 2 aliphatic heterocycles. The second kappa shape index (κ2) is 4.18. The number of ether oxygens (including phenoxy) is 1. The van der Waals surface area contributed by atoms with E-state index in [0.29, 0.717) is 43.9 Å². The van der Waals surface area contributed by atoms with Crippen molar-refractivity contribution in [3.8, 4) is 0 Å². The molecule has 0 aromatic carbocycles. The van der Waals surface area contributed by atoms with Crippen LogP contribution in [0.4, 0.5) is 4.79 Å². The summed E-state index contributed by atoms with van der Waals surface area (Å²) in [6.07, 6.45) is 2.77. The van der Waals surface area contributed by atoms with Gasteiger partial charge in [0.1, 0.15) is 12.4 Å². The van der Waals surface area contributed by atoms with Gasteiger partial charge >= 0.3 is 6.09 Å². The molecule has 1 amide bonds. The fraction of sp³-hybridized carbons (Fsp3) is 0.800. The van der Waals surface area contributed by atoms with Crippen LogP contribution in [0.2, 0.25) is 0 Å². The Kier molecular flexibility index (Phi) is 2.90. The standard InChI is InChI=1S/C10H16N2O3/c11-10(14)15-4-3-12-7-1-2-8(12)6-9(13)5-7/h7-8H,1-6H2,(H2,11,14). The molecule has 2 aliphatic rings. The first-order valence-corrected chi connectivity index (χ1v) is 5.36. The highest BCUT2D eigenvalue weighted by Crippen LogP contribution is 2.33. The first-order valence-electron chi connectivity index (χ1n) is 5.36. The molecule has 2 bridgehead atoms. The molecule has 0 aromatic heterocycles. The van der Waals surface area contributed by atoms with E-state index in [4.69, 9.17) is 10.5 Å². The molecular formula is C10H16N2O3. The smallest absolute Gasteiger partial charge is 0.404 e. The molecule has 2 atom stereocenters. The third kappa shape index (κ3) is 2.28. The number of carbonyl (C=O) groups excluding carboxylic acids is 2. The zero-order valence-corrected chi connectivity index (χ0v) is 8.65. The number of Topliss-reactive ketones (excluding diaryl/α,β-unsaturated/α-hetero) is 1. The molecule has 0 radical (unpaired) electrons. The van der Waals surface area contributed by atoms with Crippen molar-refractivity contribution in [1.82, 2.24) is 4.90 Å². The van der Waals surface area contributed by atoms with E-state index in [0.717, 1.165) is 12.8 Å². The SMILES string of the molecule is NC(=O)OCCN1C2CCC1CC(=O)C2. The van der Waals surface area contributed by atoms with Crippen LogP contribution in [0.3, 0.4) is 0 Å². The summed E-state index contributed by atoms with van der Waals surface area (Å²) in [4.78, 5) is 24.0.